The molecule has 3 N–H and O–H groups in total. The Hall–Kier alpha value is -4.44. The summed E-state index contributed by atoms with van der Waals surface area (Å²) in [4.78, 5) is 29.8. The van der Waals surface area contributed by atoms with Crippen molar-refractivity contribution in [1.82, 2.24) is 9.69 Å². The molecule has 8 nitrogen and oxygen atoms in total. The normalized spacial score (nSPS) is 13.9. The minimum Gasteiger partial charge on any atom is -0.497 e. The molecule has 1 saturated carbocycles. The molecule has 4 aromatic rings. The fourth-order valence-electron chi connectivity index (χ4n) is 5.08. The number of amides is 2. The molecule has 1 heterocycles. The molecule has 212 valence electrons. The lowest BCUT2D eigenvalue weighted by atomic mass is 10.0. The first-order valence-electron chi connectivity index (χ1n) is 13.3. The Morgan fingerprint density at radius 1 is 1.00 bits per heavy atom. The number of carbonyl (C=O) groups excluding carboxylic acids is 2. The van der Waals surface area contributed by atoms with E-state index in [0.717, 1.165) is 37.2 Å². The Kier molecular flexibility index (Phi) is 8.49. The largest absolute Gasteiger partial charge is 0.497 e. The van der Waals surface area contributed by atoms with Crippen LogP contribution >= 0.6 is 11.5 Å². The van der Waals surface area contributed by atoms with E-state index in [4.69, 9.17) is 15.2 Å². The molecule has 1 aliphatic carbocycles. The average molecular weight is 575 g/mol. The van der Waals surface area contributed by atoms with Gasteiger partial charge in [-0.25, -0.2) is 4.39 Å². The van der Waals surface area contributed by atoms with Gasteiger partial charge in [0.25, 0.3) is 5.91 Å². The van der Waals surface area contributed by atoms with E-state index in [1.54, 1.807) is 68.8 Å². The number of nitrogen functional groups attached to an aromatic ring is 1. The number of anilines is 2. The lowest BCUT2D eigenvalue weighted by Crippen LogP contribution is -2.46. The average Bonchev–Trinajstić information content (AvgIpc) is 3.65. The van der Waals surface area contributed by atoms with E-state index < -0.39 is 17.8 Å². The van der Waals surface area contributed by atoms with E-state index in [9.17, 15) is 14.0 Å². The molecule has 1 unspecified atom stereocenters. The van der Waals surface area contributed by atoms with Crippen LogP contribution < -0.4 is 25.4 Å². The second-order valence-corrected chi connectivity index (χ2v) is 10.6. The van der Waals surface area contributed by atoms with E-state index >= 15 is 0 Å². The Morgan fingerprint density at radius 3 is 2.24 bits per heavy atom. The van der Waals surface area contributed by atoms with Gasteiger partial charge in [-0.2, -0.15) is 4.37 Å². The number of nitrogens with two attached hydrogens (primary N) is 1. The second kappa shape index (κ2) is 12.4. The van der Waals surface area contributed by atoms with Crippen molar-refractivity contribution in [3.63, 3.8) is 0 Å². The number of nitrogens with zero attached hydrogens (tertiary/aromatic N) is 2. The number of rotatable bonds is 9. The minimum absolute atomic E-state index is 0.00265. The summed E-state index contributed by atoms with van der Waals surface area (Å²) in [5, 5.41) is 3.12. The van der Waals surface area contributed by atoms with Gasteiger partial charge in [0, 0.05) is 17.3 Å². The smallest absolute Gasteiger partial charge is 0.273 e. The van der Waals surface area contributed by atoms with Crippen LogP contribution in [-0.4, -0.2) is 36.4 Å². The van der Waals surface area contributed by atoms with Crippen LogP contribution in [0.25, 0.3) is 11.3 Å². The summed E-state index contributed by atoms with van der Waals surface area (Å²) in [6, 6.07) is 18.6. The van der Waals surface area contributed by atoms with Crippen molar-refractivity contribution in [2.24, 2.45) is 0 Å². The molecule has 0 saturated heterocycles. The van der Waals surface area contributed by atoms with Gasteiger partial charge in [0.1, 0.15) is 33.9 Å². The lowest BCUT2D eigenvalue weighted by molar-refractivity contribution is -0.123. The zero-order valence-electron chi connectivity index (χ0n) is 22.8. The molecular formula is C31H31FN4O4S. The van der Waals surface area contributed by atoms with E-state index in [1.807, 2.05) is 0 Å². The van der Waals surface area contributed by atoms with Gasteiger partial charge < -0.3 is 20.5 Å². The van der Waals surface area contributed by atoms with Gasteiger partial charge in [0.15, 0.2) is 0 Å². The Balaban J connectivity index is 1.60. The minimum atomic E-state index is -1.11. The highest BCUT2D eigenvalue weighted by molar-refractivity contribution is 7.09. The van der Waals surface area contributed by atoms with Gasteiger partial charge in [-0.3, -0.25) is 14.5 Å². The molecule has 1 atom stereocenters. The number of methoxy groups -OCH3 is 2. The van der Waals surface area contributed by atoms with Crippen molar-refractivity contribution in [3.05, 3.63) is 89.1 Å². The standard InChI is InChI=1S/C31H31FN4O4S/c1-39-24-14-10-19(11-15-24)27-26(33)29(41-35-27)31(38)36(23-9-5-6-21(32)18-23)28(20-12-16-25(40-2)17-13-20)30(37)34-22-7-3-4-8-22/h5-6,9-18,22,28H,3-4,7-8,33H2,1-2H3,(H,34,37). The number of aromatic nitrogens is 1. The number of nitrogens with one attached hydrogen (secondary N) is 1. The van der Waals surface area contributed by atoms with Crippen LogP contribution in [-0.2, 0) is 4.79 Å². The zero-order valence-corrected chi connectivity index (χ0v) is 23.6. The van der Waals surface area contributed by atoms with Crippen LogP contribution in [0.15, 0.2) is 72.8 Å². The molecular weight excluding hydrogens is 543 g/mol. The topological polar surface area (TPSA) is 107 Å². The van der Waals surface area contributed by atoms with Gasteiger partial charge in [-0.1, -0.05) is 31.0 Å². The van der Waals surface area contributed by atoms with Crippen molar-refractivity contribution >= 4 is 34.7 Å². The number of ether oxygens (including phenoxy) is 2. The summed E-state index contributed by atoms with van der Waals surface area (Å²) in [7, 11) is 3.13. The van der Waals surface area contributed by atoms with Crippen molar-refractivity contribution < 1.29 is 23.5 Å². The van der Waals surface area contributed by atoms with Gasteiger partial charge in [-0.15, -0.1) is 0 Å². The third-order valence-corrected chi connectivity index (χ3v) is 8.08. The summed E-state index contributed by atoms with van der Waals surface area (Å²) in [6.45, 7) is 0. The highest BCUT2D eigenvalue weighted by atomic mass is 32.1. The maximum absolute atomic E-state index is 14.6. The predicted molar refractivity (Wildman–Crippen MR) is 158 cm³/mol. The molecule has 1 fully saturated rings. The van der Waals surface area contributed by atoms with Crippen LogP contribution in [0.4, 0.5) is 15.8 Å². The Bertz CT molecular complexity index is 1520. The van der Waals surface area contributed by atoms with Crippen LogP contribution in [0, 0.1) is 5.82 Å². The van der Waals surface area contributed by atoms with E-state index in [-0.39, 0.29) is 28.2 Å². The highest BCUT2D eigenvalue weighted by Crippen LogP contribution is 2.37. The van der Waals surface area contributed by atoms with E-state index in [1.165, 1.54) is 23.1 Å². The molecule has 41 heavy (non-hydrogen) atoms. The van der Waals surface area contributed by atoms with Crippen LogP contribution in [0.1, 0.15) is 47.0 Å². The van der Waals surface area contributed by atoms with Crippen LogP contribution in [0.3, 0.4) is 0 Å². The maximum atomic E-state index is 14.6. The quantitative estimate of drug-likeness (QED) is 0.254. The van der Waals surface area contributed by atoms with Gasteiger partial charge in [0.05, 0.1) is 19.9 Å². The number of hydrogen-bond acceptors (Lipinski definition) is 7. The van der Waals surface area contributed by atoms with Gasteiger partial charge in [0.2, 0.25) is 5.91 Å². The summed E-state index contributed by atoms with van der Waals surface area (Å²) >= 11 is 0.937. The molecule has 3 aromatic carbocycles. The van der Waals surface area contributed by atoms with Crippen molar-refractivity contribution in [2.75, 3.05) is 24.9 Å². The molecule has 1 aliphatic rings. The molecule has 0 bridgehead atoms. The third kappa shape index (κ3) is 6.02. The lowest BCUT2D eigenvalue weighted by Gasteiger charge is -2.32. The molecule has 5 rings (SSSR count). The molecule has 0 aliphatic heterocycles. The highest BCUT2D eigenvalue weighted by Gasteiger charge is 2.37. The number of carbonyl (C=O) groups is 2. The fraction of sp³-hybridized carbons (Fsp3) is 0.258. The first-order chi connectivity index (χ1) is 19.9. The molecule has 2 amide bonds. The zero-order chi connectivity index (χ0) is 28.9. The van der Waals surface area contributed by atoms with Gasteiger partial charge >= 0.3 is 0 Å². The Morgan fingerprint density at radius 2 is 1.63 bits per heavy atom. The number of halogens is 1. The first kappa shape index (κ1) is 28.1. The van der Waals surface area contributed by atoms with Crippen LogP contribution in [0.5, 0.6) is 11.5 Å². The van der Waals surface area contributed by atoms with E-state index in [2.05, 4.69) is 9.69 Å². The number of benzene rings is 3. The first-order valence-corrected chi connectivity index (χ1v) is 14.1. The summed E-state index contributed by atoms with van der Waals surface area (Å²) in [5.74, 6) is -0.193. The second-order valence-electron chi connectivity index (χ2n) is 9.82. The van der Waals surface area contributed by atoms with Crippen molar-refractivity contribution in [1.29, 1.82) is 0 Å². The maximum Gasteiger partial charge on any atom is 0.273 e. The van der Waals surface area contributed by atoms with Crippen molar-refractivity contribution in [2.45, 2.75) is 37.8 Å². The monoisotopic (exact) mass is 574 g/mol. The van der Waals surface area contributed by atoms with E-state index in [0.29, 0.717) is 28.3 Å². The predicted octanol–water partition coefficient (Wildman–Crippen LogP) is 6.00. The molecule has 0 radical (unpaired) electrons. The molecule has 0 spiro atoms. The fourth-order valence-corrected chi connectivity index (χ4v) is 5.84. The van der Waals surface area contributed by atoms with Crippen molar-refractivity contribution in [3.8, 4) is 22.8 Å². The SMILES string of the molecule is COc1ccc(-c2nsc(C(=O)N(c3cccc(F)c3)C(C(=O)NC3CCCC3)c3ccc(OC)cc3)c2N)cc1. The molecule has 1 aromatic heterocycles. The summed E-state index contributed by atoms with van der Waals surface area (Å²) in [6.07, 6.45) is 3.77. The van der Waals surface area contributed by atoms with Gasteiger partial charge in [-0.05, 0) is 84.5 Å². The Labute approximate surface area is 242 Å². The number of hydrogen-bond donors (Lipinski definition) is 2. The summed E-state index contributed by atoms with van der Waals surface area (Å²) in [5.41, 5.74) is 8.60. The summed E-state index contributed by atoms with van der Waals surface area (Å²) < 4.78 is 29.6. The molecule has 10 heteroatoms. The van der Waals surface area contributed by atoms with Crippen LogP contribution in [0.2, 0.25) is 0 Å². The third-order valence-electron chi connectivity index (χ3n) is 7.23.